The van der Waals surface area contributed by atoms with Gasteiger partial charge >= 0.3 is 0 Å². The Bertz CT molecular complexity index is 822. The second kappa shape index (κ2) is 6.68. The molecule has 0 atom stereocenters. The highest BCUT2D eigenvalue weighted by atomic mass is 32.2. The van der Waals surface area contributed by atoms with Gasteiger partial charge in [0.05, 0.1) is 15.4 Å². The molecule has 0 amide bonds. The lowest BCUT2D eigenvalue weighted by Gasteiger charge is -2.18. The summed E-state index contributed by atoms with van der Waals surface area (Å²) in [5, 5.41) is 20.5. The van der Waals surface area contributed by atoms with E-state index in [1.54, 1.807) is 38.1 Å². The summed E-state index contributed by atoms with van der Waals surface area (Å²) in [5.41, 5.74) is 0.325. The van der Waals surface area contributed by atoms with Gasteiger partial charge < -0.3 is 5.11 Å². The molecule has 0 spiro atoms. The highest BCUT2D eigenvalue weighted by molar-refractivity contribution is 7.89. The number of nitro benzene ring substituents is 1. The van der Waals surface area contributed by atoms with Crippen molar-refractivity contribution < 1.29 is 18.4 Å². The molecule has 0 saturated heterocycles. The predicted molar refractivity (Wildman–Crippen MR) is 88.8 cm³/mol. The van der Waals surface area contributed by atoms with Gasteiger partial charge in [0.2, 0.25) is 10.0 Å². The van der Waals surface area contributed by atoms with E-state index in [0.717, 1.165) is 23.3 Å². The van der Waals surface area contributed by atoms with Crippen molar-refractivity contribution in [1.82, 2.24) is 4.72 Å². The van der Waals surface area contributed by atoms with Crippen LogP contribution in [0.5, 0.6) is 0 Å². The van der Waals surface area contributed by atoms with E-state index in [1.807, 2.05) is 0 Å². The first-order chi connectivity index (χ1) is 11.1. The highest BCUT2D eigenvalue weighted by Crippen LogP contribution is 2.20. The third-order valence-electron chi connectivity index (χ3n) is 3.48. The molecular weight excluding hydrogens is 332 g/mol. The fourth-order valence-corrected chi connectivity index (χ4v) is 3.06. The van der Waals surface area contributed by atoms with Crippen molar-refractivity contribution in [1.29, 1.82) is 0 Å². The van der Waals surface area contributed by atoms with Gasteiger partial charge in [0.15, 0.2) is 0 Å². The van der Waals surface area contributed by atoms with Gasteiger partial charge in [-0.3, -0.25) is 10.1 Å². The van der Waals surface area contributed by atoms with E-state index in [0.29, 0.717) is 0 Å². The van der Waals surface area contributed by atoms with Gasteiger partial charge in [-0.25, -0.2) is 13.1 Å². The van der Waals surface area contributed by atoms with E-state index >= 15 is 0 Å². The number of nitrogens with one attached hydrogen (secondary N) is 1. The van der Waals surface area contributed by atoms with Crippen molar-refractivity contribution in [3.05, 3.63) is 69.8 Å². The Morgan fingerprint density at radius 3 is 2.08 bits per heavy atom. The zero-order valence-electron chi connectivity index (χ0n) is 13.3. The molecule has 0 bridgehead atoms. The van der Waals surface area contributed by atoms with E-state index in [4.69, 9.17) is 0 Å². The molecule has 2 aromatic rings. The van der Waals surface area contributed by atoms with Gasteiger partial charge in [-0.15, -0.1) is 0 Å². The zero-order valence-corrected chi connectivity index (χ0v) is 14.1. The Morgan fingerprint density at radius 1 is 1.08 bits per heavy atom. The van der Waals surface area contributed by atoms with Crippen molar-refractivity contribution in [2.45, 2.75) is 30.9 Å². The fourth-order valence-electron chi connectivity index (χ4n) is 2.04. The summed E-state index contributed by atoms with van der Waals surface area (Å²) in [5.74, 6) is 0. The summed E-state index contributed by atoms with van der Waals surface area (Å²) in [4.78, 5) is 9.96. The van der Waals surface area contributed by atoms with Crippen LogP contribution in [0, 0.1) is 10.1 Å². The maximum atomic E-state index is 12.2. The molecule has 0 aromatic heterocycles. The van der Waals surface area contributed by atoms with Gasteiger partial charge in [-0.1, -0.05) is 24.3 Å². The number of benzene rings is 2. The van der Waals surface area contributed by atoms with Gasteiger partial charge in [0.25, 0.3) is 5.69 Å². The number of aliphatic hydroxyl groups is 1. The molecule has 0 unspecified atom stereocenters. The molecule has 0 heterocycles. The largest absolute Gasteiger partial charge is 0.386 e. The first-order valence-corrected chi connectivity index (χ1v) is 8.64. The predicted octanol–water partition coefficient (Wildman–Crippen LogP) is 2.30. The number of hydrogen-bond donors (Lipinski definition) is 2. The van der Waals surface area contributed by atoms with Crippen molar-refractivity contribution in [3.8, 4) is 0 Å². The van der Waals surface area contributed by atoms with Crippen LogP contribution in [0.4, 0.5) is 5.69 Å². The first kappa shape index (κ1) is 18.1. The minimum absolute atomic E-state index is 0.0405. The minimum atomic E-state index is -3.76. The van der Waals surface area contributed by atoms with Gasteiger partial charge in [-0.2, -0.15) is 0 Å². The average Bonchev–Trinajstić information content (AvgIpc) is 2.52. The molecule has 8 heteroatoms. The number of sulfonamides is 1. The lowest BCUT2D eigenvalue weighted by molar-refractivity contribution is -0.384. The summed E-state index contributed by atoms with van der Waals surface area (Å²) in [6, 6.07) is 11.6. The summed E-state index contributed by atoms with van der Waals surface area (Å²) >= 11 is 0. The average molecular weight is 350 g/mol. The van der Waals surface area contributed by atoms with Crippen molar-refractivity contribution in [2.24, 2.45) is 0 Å². The number of hydrogen-bond acceptors (Lipinski definition) is 5. The van der Waals surface area contributed by atoms with E-state index in [9.17, 15) is 23.6 Å². The van der Waals surface area contributed by atoms with Crippen LogP contribution < -0.4 is 4.72 Å². The second-order valence-corrected chi connectivity index (χ2v) is 7.60. The standard InChI is InChI=1S/C16H18N2O5S/c1-16(2,19)13-5-3-12(4-6-13)11-17-24(22,23)15-9-7-14(8-10-15)18(20)21/h3-10,17,19H,11H2,1-2H3. The van der Waals surface area contributed by atoms with Crippen molar-refractivity contribution >= 4 is 15.7 Å². The Hall–Kier alpha value is -2.29. The zero-order chi connectivity index (χ0) is 18.0. The number of nitro groups is 1. The summed E-state index contributed by atoms with van der Waals surface area (Å²) in [6.07, 6.45) is 0. The Kier molecular flexibility index (Phi) is 5.02. The van der Waals surface area contributed by atoms with Crippen LogP contribution in [0.3, 0.4) is 0 Å². The van der Waals surface area contributed by atoms with Gasteiger partial charge in [0, 0.05) is 18.7 Å². The van der Waals surface area contributed by atoms with E-state index in [1.165, 1.54) is 12.1 Å². The lowest BCUT2D eigenvalue weighted by atomic mass is 9.97. The van der Waals surface area contributed by atoms with Crippen LogP contribution in [-0.4, -0.2) is 18.4 Å². The summed E-state index contributed by atoms with van der Waals surface area (Å²) in [6.45, 7) is 3.41. The summed E-state index contributed by atoms with van der Waals surface area (Å²) in [7, 11) is -3.76. The molecule has 2 N–H and O–H groups in total. The highest BCUT2D eigenvalue weighted by Gasteiger charge is 2.17. The van der Waals surface area contributed by atoms with E-state index in [2.05, 4.69) is 4.72 Å². The van der Waals surface area contributed by atoms with Crippen LogP contribution in [-0.2, 0) is 22.2 Å². The van der Waals surface area contributed by atoms with Crippen molar-refractivity contribution in [2.75, 3.05) is 0 Å². The fraction of sp³-hybridized carbons (Fsp3) is 0.250. The monoisotopic (exact) mass is 350 g/mol. The molecule has 0 fully saturated rings. The van der Waals surface area contributed by atoms with E-state index in [-0.39, 0.29) is 17.1 Å². The molecule has 24 heavy (non-hydrogen) atoms. The molecule has 0 radical (unpaired) electrons. The Morgan fingerprint density at radius 2 is 1.62 bits per heavy atom. The van der Waals surface area contributed by atoms with Crippen LogP contribution >= 0.6 is 0 Å². The van der Waals surface area contributed by atoms with E-state index < -0.39 is 20.5 Å². The topological polar surface area (TPSA) is 110 Å². The molecular formula is C16H18N2O5S. The summed E-state index contributed by atoms with van der Waals surface area (Å²) < 4.78 is 26.8. The molecule has 0 saturated carbocycles. The Labute approximate surface area is 140 Å². The van der Waals surface area contributed by atoms with Crippen molar-refractivity contribution in [3.63, 3.8) is 0 Å². The molecule has 7 nitrogen and oxygen atoms in total. The normalized spacial score (nSPS) is 12.1. The minimum Gasteiger partial charge on any atom is -0.386 e. The first-order valence-electron chi connectivity index (χ1n) is 7.15. The SMILES string of the molecule is CC(C)(O)c1ccc(CNS(=O)(=O)c2ccc([N+](=O)[O-])cc2)cc1. The van der Waals surface area contributed by atoms with Crippen LogP contribution in [0.25, 0.3) is 0 Å². The molecule has 128 valence electrons. The third kappa shape index (κ3) is 4.38. The molecule has 2 aromatic carbocycles. The number of non-ortho nitro benzene ring substituents is 1. The molecule has 0 aliphatic rings. The van der Waals surface area contributed by atoms with Crippen LogP contribution in [0.2, 0.25) is 0 Å². The maximum Gasteiger partial charge on any atom is 0.269 e. The van der Waals surface area contributed by atoms with Crippen LogP contribution in [0.1, 0.15) is 25.0 Å². The quantitative estimate of drug-likeness (QED) is 0.613. The molecule has 0 aliphatic carbocycles. The number of nitrogens with zero attached hydrogens (tertiary/aromatic N) is 1. The van der Waals surface area contributed by atoms with Crippen LogP contribution in [0.15, 0.2) is 53.4 Å². The third-order valence-corrected chi connectivity index (χ3v) is 4.90. The second-order valence-electron chi connectivity index (χ2n) is 5.83. The lowest BCUT2D eigenvalue weighted by Crippen LogP contribution is -2.23. The molecule has 2 rings (SSSR count). The van der Waals surface area contributed by atoms with Gasteiger partial charge in [0.1, 0.15) is 0 Å². The molecule has 0 aliphatic heterocycles. The van der Waals surface area contributed by atoms with Gasteiger partial charge in [-0.05, 0) is 37.1 Å². The number of rotatable bonds is 6. The Balaban J connectivity index is 2.08. The maximum absolute atomic E-state index is 12.2. The smallest absolute Gasteiger partial charge is 0.269 e.